The van der Waals surface area contributed by atoms with Crippen molar-refractivity contribution in [1.29, 1.82) is 0 Å². The maximum absolute atomic E-state index is 8.99. The number of rotatable bonds is 11. The number of aliphatic hydroxyl groups is 1. The fourth-order valence-corrected chi connectivity index (χ4v) is 5.59. The molecule has 0 aliphatic carbocycles. The van der Waals surface area contributed by atoms with Gasteiger partial charge >= 0.3 is 0 Å². The second-order valence-corrected chi connectivity index (χ2v) is 10.8. The van der Waals surface area contributed by atoms with Gasteiger partial charge in [0.25, 0.3) is 0 Å². The maximum atomic E-state index is 8.99. The maximum Gasteiger partial charge on any atom is 0.119 e. The van der Waals surface area contributed by atoms with Crippen LogP contribution < -0.4 is 4.74 Å². The Labute approximate surface area is 130 Å². The summed E-state index contributed by atoms with van der Waals surface area (Å²) in [6.45, 7) is 11.0. The average molecular weight is 305 g/mol. The highest BCUT2D eigenvalue weighted by Crippen LogP contribution is 2.24. The van der Waals surface area contributed by atoms with Gasteiger partial charge in [0, 0.05) is 0 Å². The minimum Gasteiger partial charge on any atom is -0.494 e. The summed E-state index contributed by atoms with van der Waals surface area (Å²) >= 11 is 0. The first kappa shape index (κ1) is 17.7. The van der Waals surface area contributed by atoms with Crippen molar-refractivity contribution in [2.75, 3.05) is 6.61 Å². The van der Waals surface area contributed by atoms with Gasteiger partial charge in [-0.15, -0.1) is 13.2 Å². The van der Waals surface area contributed by atoms with E-state index in [-0.39, 0.29) is 6.61 Å². The van der Waals surface area contributed by atoms with Gasteiger partial charge in [-0.3, -0.25) is 0 Å². The molecule has 0 heterocycles. The van der Waals surface area contributed by atoms with Gasteiger partial charge in [-0.25, -0.2) is 0 Å². The molecule has 3 heteroatoms. The second-order valence-electron chi connectivity index (χ2n) is 5.90. The van der Waals surface area contributed by atoms with Gasteiger partial charge in [-0.1, -0.05) is 43.3 Å². The van der Waals surface area contributed by atoms with Gasteiger partial charge < -0.3 is 9.84 Å². The Bertz CT molecular complexity index is 415. The van der Waals surface area contributed by atoms with Crippen LogP contribution in [0.2, 0.25) is 24.7 Å². The molecule has 0 saturated carbocycles. The predicted octanol–water partition coefficient (Wildman–Crippen LogP) is 4.79. The SMILES string of the molecule is C=CC[Si](C)(CC=C)CCCCOc1ccc(CO)cc1. The van der Waals surface area contributed by atoms with E-state index in [4.69, 9.17) is 9.84 Å². The van der Waals surface area contributed by atoms with Crippen LogP contribution >= 0.6 is 0 Å². The van der Waals surface area contributed by atoms with Gasteiger partial charge in [0.2, 0.25) is 0 Å². The Balaban J connectivity index is 2.26. The molecule has 0 aliphatic rings. The van der Waals surface area contributed by atoms with Crippen LogP contribution in [-0.2, 0) is 6.61 Å². The Morgan fingerprint density at radius 3 is 2.24 bits per heavy atom. The third-order valence-electron chi connectivity index (χ3n) is 3.82. The molecule has 0 spiro atoms. The lowest BCUT2D eigenvalue weighted by atomic mass is 10.2. The van der Waals surface area contributed by atoms with Gasteiger partial charge in [-0.2, -0.15) is 0 Å². The van der Waals surface area contributed by atoms with Crippen molar-refractivity contribution in [2.24, 2.45) is 0 Å². The normalized spacial score (nSPS) is 11.1. The molecule has 0 aliphatic heterocycles. The quantitative estimate of drug-likeness (QED) is 0.362. The van der Waals surface area contributed by atoms with Crippen molar-refractivity contribution >= 4 is 8.07 Å². The summed E-state index contributed by atoms with van der Waals surface area (Å²) in [5.41, 5.74) is 0.915. The van der Waals surface area contributed by atoms with E-state index in [1.54, 1.807) is 0 Å². The summed E-state index contributed by atoms with van der Waals surface area (Å²) in [5, 5.41) is 8.99. The van der Waals surface area contributed by atoms with E-state index in [2.05, 4.69) is 31.9 Å². The summed E-state index contributed by atoms with van der Waals surface area (Å²) in [4.78, 5) is 0. The molecular formula is C18H28O2Si. The van der Waals surface area contributed by atoms with Crippen LogP contribution in [0.5, 0.6) is 5.75 Å². The lowest BCUT2D eigenvalue weighted by Gasteiger charge is -2.24. The second kappa shape index (κ2) is 9.58. The number of benzene rings is 1. The van der Waals surface area contributed by atoms with Crippen molar-refractivity contribution in [2.45, 2.75) is 44.1 Å². The van der Waals surface area contributed by atoms with Crippen LogP contribution in [0.1, 0.15) is 18.4 Å². The van der Waals surface area contributed by atoms with Crippen molar-refractivity contribution < 1.29 is 9.84 Å². The van der Waals surface area contributed by atoms with Crippen LogP contribution in [0, 0.1) is 0 Å². The third kappa shape index (κ3) is 6.78. The molecule has 0 unspecified atom stereocenters. The largest absolute Gasteiger partial charge is 0.494 e. The smallest absolute Gasteiger partial charge is 0.119 e. The zero-order valence-electron chi connectivity index (χ0n) is 13.2. The van der Waals surface area contributed by atoms with Crippen molar-refractivity contribution in [1.82, 2.24) is 0 Å². The molecule has 0 bridgehead atoms. The molecule has 0 atom stereocenters. The van der Waals surface area contributed by atoms with Gasteiger partial charge in [-0.05, 0) is 36.2 Å². The number of hydrogen-bond donors (Lipinski definition) is 1. The fourth-order valence-electron chi connectivity index (χ4n) is 2.52. The molecule has 0 amide bonds. The van der Waals surface area contributed by atoms with Crippen LogP contribution in [0.3, 0.4) is 0 Å². The first-order valence-electron chi connectivity index (χ1n) is 7.68. The van der Waals surface area contributed by atoms with Crippen LogP contribution in [-0.4, -0.2) is 19.8 Å². The van der Waals surface area contributed by atoms with E-state index in [1.807, 2.05) is 24.3 Å². The van der Waals surface area contributed by atoms with E-state index in [1.165, 1.54) is 24.6 Å². The monoisotopic (exact) mass is 304 g/mol. The minimum absolute atomic E-state index is 0.0795. The summed E-state index contributed by atoms with van der Waals surface area (Å²) < 4.78 is 5.73. The molecule has 0 fully saturated rings. The van der Waals surface area contributed by atoms with Crippen molar-refractivity contribution in [3.05, 3.63) is 55.1 Å². The fraction of sp³-hybridized carbons (Fsp3) is 0.444. The molecule has 2 nitrogen and oxygen atoms in total. The molecule has 1 aromatic carbocycles. The Morgan fingerprint density at radius 2 is 1.71 bits per heavy atom. The van der Waals surface area contributed by atoms with E-state index in [9.17, 15) is 0 Å². The molecule has 0 aromatic heterocycles. The lowest BCUT2D eigenvalue weighted by Crippen LogP contribution is -2.28. The molecule has 116 valence electrons. The minimum atomic E-state index is -1.21. The number of unbranched alkanes of at least 4 members (excludes halogenated alkanes) is 1. The molecule has 1 aromatic rings. The van der Waals surface area contributed by atoms with Crippen LogP contribution in [0.15, 0.2) is 49.6 Å². The Morgan fingerprint density at radius 1 is 1.10 bits per heavy atom. The van der Waals surface area contributed by atoms with Gasteiger partial charge in [0.05, 0.1) is 21.3 Å². The van der Waals surface area contributed by atoms with E-state index in [0.29, 0.717) is 0 Å². The average Bonchev–Trinajstić information content (AvgIpc) is 2.48. The summed E-state index contributed by atoms with van der Waals surface area (Å²) in [6.07, 6.45) is 6.42. The highest BCUT2D eigenvalue weighted by molar-refractivity contribution is 6.79. The summed E-state index contributed by atoms with van der Waals surface area (Å²) in [6, 6.07) is 11.3. The molecule has 0 saturated heterocycles. The Hall–Kier alpha value is -1.32. The van der Waals surface area contributed by atoms with Gasteiger partial charge in [0.1, 0.15) is 5.75 Å². The Kier molecular flexibility index (Phi) is 8.09. The van der Waals surface area contributed by atoms with Crippen LogP contribution in [0.25, 0.3) is 0 Å². The first-order valence-corrected chi connectivity index (χ1v) is 10.8. The molecule has 1 N–H and O–H groups in total. The molecule has 21 heavy (non-hydrogen) atoms. The zero-order valence-corrected chi connectivity index (χ0v) is 14.2. The predicted molar refractivity (Wildman–Crippen MR) is 93.5 cm³/mol. The third-order valence-corrected chi connectivity index (χ3v) is 7.93. The number of ether oxygens (including phenoxy) is 1. The van der Waals surface area contributed by atoms with Gasteiger partial charge in [0.15, 0.2) is 0 Å². The number of hydrogen-bond acceptors (Lipinski definition) is 2. The highest BCUT2D eigenvalue weighted by Gasteiger charge is 2.22. The molecule has 1 rings (SSSR count). The topological polar surface area (TPSA) is 29.5 Å². The summed E-state index contributed by atoms with van der Waals surface area (Å²) in [5.74, 6) is 0.879. The van der Waals surface area contributed by atoms with Crippen molar-refractivity contribution in [3.8, 4) is 5.75 Å². The number of allylic oxidation sites excluding steroid dienone is 2. The standard InChI is InChI=1S/C18H28O2Si/c1-4-13-21(3,14-5-2)15-7-6-12-20-18-10-8-17(16-19)9-11-18/h4-5,8-11,19H,1-2,6-7,12-16H2,3H3. The first-order chi connectivity index (χ1) is 10.1. The zero-order chi connectivity index (χ0) is 15.6. The molecule has 0 radical (unpaired) electrons. The van der Waals surface area contributed by atoms with Crippen LogP contribution in [0.4, 0.5) is 0 Å². The summed E-state index contributed by atoms with van der Waals surface area (Å²) in [7, 11) is -1.21. The highest BCUT2D eigenvalue weighted by atomic mass is 28.3. The lowest BCUT2D eigenvalue weighted by molar-refractivity contribution is 0.281. The number of aliphatic hydroxyl groups excluding tert-OH is 1. The van der Waals surface area contributed by atoms with E-state index >= 15 is 0 Å². The molecular weight excluding hydrogens is 276 g/mol. The van der Waals surface area contributed by atoms with E-state index < -0.39 is 8.07 Å². The van der Waals surface area contributed by atoms with E-state index in [0.717, 1.165) is 24.3 Å². The van der Waals surface area contributed by atoms with Crippen molar-refractivity contribution in [3.63, 3.8) is 0 Å².